The molecule has 7 nitrogen and oxygen atoms in total. The van der Waals surface area contributed by atoms with Crippen molar-refractivity contribution >= 4 is 17.4 Å². The standard InChI is InChI=1S/C16H17N5O2S/c1-22-15-7-8-20(11-15)13-3-5-14(6-4-13)21-10-12(18-19-21)9-17-16(24)23-2/h3-8,10-11H,9H2,1-2H3,(H,17,24). The van der Waals surface area contributed by atoms with Crippen molar-refractivity contribution in [3.8, 4) is 17.1 Å². The second kappa shape index (κ2) is 7.14. The van der Waals surface area contributed by atoms with Crippen LogP contribution in [-0.4, -0.2) is 39.0 Å². The normalized spacial score (nSPS) is 10.4. The lowest BCUT2D eigenvalue weighted by Gasteiger charge is -2.05. The molecule has 3 aromatic rings. The quantitative estimate of drug-likeness (QED) is 0.716. The molecule has 0 aliphatic heterocycles. The van der Waals surface area contributed by atoms with Gasteiger partial charge in [0, 0.05) is 11.9 Å². The summed E-state index contributed by atoms with van der Waals surface area (Å²) in [7, 11) is 3.17. The van der Waals surface area contributed by atoms with E-state index in [1.54, 1.807) is 11.8 Å². The third-order valence-electron chi connectivity index (χ3n) is 3.45. The molecular weight excluding hydrogens is 326 g/mol. The van der Waals surface area contributed by atoms with E-state index in [9.17, 15) is 0 Å². The monoisotopic (exact) mass is 343 g/mol. The highest BCUT2D eigenvalue weighted by Gasteiger charge is 2.05. The van der Waals surface area contributed by atoms with Gasteiger partial charge in [0.25, 0.3) is 5.17 Å². The molecule has 2 aromatic heterocycles. The van der Waals surface area contributed by atoms with Crippen molar-refractivity contribution in [3.63, 3.8) is 0 Å². The summed E-state index contributed by atoms with van der Waals surface area (Å²) in [6, 6.07) is 9.89. The van der Waals surface area contributed by atoms with Gasteiger partial charge in [-0.25, -0.2) is 4.68 Å². The molecule has 0 spiro atoms. The molecule has 0 aliphatic carbocycles. The number of thiocarbonyl (C=S) groups is 1. The Morgan fingerprint density at radius 1 is 1.12 bits per heavy atom. The number of ether oxygens (including phenoxy) is 2. The van der Waals surface area contributed by atoms with Crippen LogP contribution in [0, 0.1) is 0 Å². The van der Waals surface area contributed by atoms with Gasteiger partial charge in [0.1, 0.15) is 11.4 Å². The number of hydrogen-bond acceptors (Lipinski definition) is 5. The van der Waals surface area contributed by atoms with Gasteiger partial charge in [-0.15, -0.1) is 5.10 Å². The number of hydrogen-bond donors (Lipinski definition) is 1. The zero-order chi connectivity index (χ0) is 16.9. The van der Waals surface area contributed by atoms with Gasteiger partial charge in [0.2, 0.25) is 0 Å². The Hall–Kier alpha value is -2.87. The molecule has 2 heterocycles. The van der Waals surface area contributed by atoms with Crippen LogP contribution in [0.1, 0.15) is 5.69 Å². The van der Waals surface area contributed by atoms with E-state index in [1.165, 1.54) is 7.11 Å². The summed E-state index contributed by atoms with van der Waals surface area (Å²) in [4.78, 5) is 0. The minimum Gasteiger partial charge on any atom is -0.495 e. The maximum Gasteiger partial charge on any atom is 0.256 e. The molecule has 0 aliphatic rings. The molecule has 0 saturated carbocycles. The first-order chi connectivity index (χ1) is 11.7. The Labute approximate surface area is 144 Å². The number of aromatic nitrogens is 4. The highest BCUT2D eigenvalue weighted by molar-refractivity contribution is 7.80. The minimum absolute atomic E-state index is 0.330. The van der Waals surface area contributed by atoms with Gasteiger partial charge in [-0.3, -0.25) is 0 Å². The van der Waals surface area contributed by atoms with Crippen LogP contribution in [0.3, 0.4) is 0 Å². The van der Waals surface area contributed by atoms with Crippen molar-refractivity contribution in [1.82, 2.24) is 24.9 Å². The molecule has 0 amide bonds. The lowest BCUT2D eigenvalue weighted by Crippen LogP contribution is -2.22. The first kappa shape index (κ1) is 16.0. The largest absolute Gasteiger partial charge is 0.495 e. The molecule has 8 heteroatoms. The van der Waals surface area contributed by atoms with Crippen molar-refractivity contribution in [2.45, 2.75) is 6.54 Å². The molecule has 0 radical (unpaired) electrons. The highest BCUT2D eigenvalue weighted by Crippen LogP contribution is 2.17. The van der Waals surface area contributed by atoms with Crippen molar-refractivity contribution in [1.29, 1.82) is 0 Å². The number of nitrogens with one attached hydrogen (secondary N) is 1. The van der Waals surface area contributed by atoms with Crippen LogP contribution in [0.5, 0.6) is 5.75 Å². The predicted octanol–water partition coefficient (Wildman–Crippen LogP) is 2.09. The van der Waals surface area contributed by atoms with Crippen LogP contribution >= 0.6 is 12.2 Å². The van der Waals surface area contributed by atoms with E-state index >= 15 is 0 Å². The zero-order valence-corrected chi connectivity index (χ0v) is 14.2. The summed E-state index contributed by atoms with van der Waals surface area (Å²) in [6.45, 7) is 0.466. The third kappa shape index (κ3) is 3.54. The minimum atomic E-state index is 0.330. The summed E-state index contributed by atoms with van der Waals surface area (Å²) in [6.07, 6.45) is 5.72. The topological polar surface area (TPSA) is 66.1 Å². The third-order valence-corrected chi connectivity index (χ3v) is 3.76. The number of benzene rings is 1. The summed E-state index contributed by atoms with van der Waals surface area (Å²) in [5.74, 6) is 0.821. The summed E-state index contributed by atoms with van der Waals surface area (Å²) in [5, 5.41) is 11.5. The van der Waals surface area contributed by atoms with E-state index in [0.717, 1.165) is 22.8 Å². The Morgan fingerprint density at radius 2 is 1.88 bits per heavy atom. The van der Waals surface area contributed by atoms with Crippen molar-refractivity contribution in [3.05, 3.63) is 54.6 Å². The van der Waals surface area contributed by atoms with Crippen LogP contribution < -0.4 is 10.1 Å². The molecule has 0 bridgehead atoms. The van der Waals surface area contributed by atoms with Crippen LogP contribution in [0.2, 0.25) is 0 Å². The maximum absolute atomic E-state index is 5.19. The van der Waals surface area contributed by atoms with Gasteiger partial charge < -0.3 is 19.4 Å². The fraction of sp³-hybridized carbons (Fsp3) is 0.188. The Morgan fingerprint density at radius 3 is 2.54 bits per heavy atom. The van der Waals surface area contributed by atoms with Gasteiger partial charge >= 0.3 is 0 Å². The molecule has 0 unspecified atom stereocenters. The van der Waals surface area contributed by atoms with Gasteiger partial charge in [0.15, 0.2) is 0 Å². The number of methoxy groups -OCH3 is 2. The second-order valence-corrected chi connectivity index (χ2v) is 5.35. The zero-order valence-electron chi connectivity index (χ0n) is 13.3. The predicted molar refractivity (Wildman–Crippen MR) is 93.7 cm³/mol. The summed E-state index contributed by atoms with van der Waals surface area (Å²) < 4.78 is 13.8. The van der Waals surface area contributed by atoms with Gasteiger partial charge in [-0.05, 0) is 42.5 Å². The molecule has 3 rings (SSSR count). The Balaban J connectivity index is 1.71. The molecule has 0 saturated heterocycles. The van der Waals surface area contributed by atoms with Gasteiger partial charge in [0.05, 0.1) is 38.8 Å². The average Bonchev–Trinajstić information content (AvgIpc) is 3.29. The first-order valence-electron chi connectivity index (χ1n) is 7.25. The van der Waals surface area contributed by atoms with Crippen molar-refractivity contribution in [2.75, 3.05) is 14.2 Å². The SMILES string of the molecule is COC(=S)NCc1cn(-c2ccc(-n3ccc(OC)c3)cc2)nn1. The number of nitrogens with zero attached hydrogens (tertiary/aromatic N) is 4. The van der Waals surface area contributed by atoms with E-state index in [2.05, 4.69) is 15.6 Å². The Kier molecular flexibility index (Phi) is 4.76. The molecule has 0 atom stereocenters. The molecule has 1 N–H and O–H groups in total. The van der Waals surface area contributed by atoms with Gasteiger partial charge in [-0.2, -0.15) is 0 Å². The Bertz CT molecular complexity index is 825. The molecule has 124 valence electrons. The molecule has 0 fully saturated rings. The van der Waals surface area contributed by atoms with Crippen LogP contribution in [0.15, 0.2) is 48.9 Å². The van der Waals surface area contributed by atoms with E-state index in [1.807, 2.05) is 53.5 Å². The fourth-order valence-corrected chi connectivity index (χ4v) is 2.25. The van der Waals surface area contributed by atoms with Crippen molar-refractivity contribution < 1.29 is 9.47 Å². The smallest absolute Gasteiger partial charge is 0.256 e. The van der Waals surface area contributed by atoms with Crippen LogP contribution in [0.4, 0.5) is 0 Å². The summed E-state index contributed by atoms with van der Waals surface area (Å²) >= 11 is 4.93. The van der Waals surface area contributed by atoms with Crippen molar-refractivity contribution in [2.24, 2.45) is 0 Å². The van der Waals surface area contributed by atoms with E-state index in [0.29, 0.717) is 11.7 Å². The van der Waals surface area contributed by atoms with Gasteiger partial charge in [-0.1, -0.05) is 5.21 Å². The van der Waals surface area contributed by atoms with Crippen LogP contribution in [-0.2, 0) is 11.3 Å². The molecule has 24 heavy (non-hydrogen) atoms. The van der Waals surface area contributed by atoms with Crippen LogP contribution in [0.25, 0.3) is 11.4 Å². The maximum atomic E-state index is 5.19. The van der Waals surface area contributed by atoms with E-state index in [-0.39, 0.29) is 0 Å². The fourth-order valence-electron chi connectivity index (χ4n) is 2.18. The van der Waals surface area contributed by atoms with E-state index < -0.39 is 0 Å². The number of rotatable bonds is 5. The lowest BCUT2D eigenvalue weighted by atomic mass is 10.3. The second-order valence-electron chi connectivity index (χ2n) is 4.97. The average molecular weight is 343 g/mol. The molecular formula is C16H17N5O2S. The molecule has 1 aromatic carbocycles. The summed E-state index contributed by atoms with van der Waals surface area (Å²) in [5.41, 5.74) is 2.73. The highest BCUT2D eigenvalue weighted by atomic mass is 32.1. The first-order valence-corrected chi connectivity index (χ1v) is 7.66. The lowest BCUT2D eigenvalue weighted by molar-refractivity contribution is 0.392. The van der Waals surface area contributed by atoms with E-state index in [4.69, 9.17) is 21.7 Å².